The highest BCUT2D eigenvalue weighted by atomic mass is 35.5. The van der Waals surface area contributed by atoms with Gasteiger partial charge in [0, 0.05) is 18.0 Å². The maximum absolute atomic E-state index is 12.8. The van der Waals surface area contributed by atoms with Gasteiger partial charge in [0.05, 0.1) is 34.7 Å². The number of ether oxygens (including phenoxy) is 2. The molecule has 0 bridgehead atoms. The van der Waals surface area contributed by atoms with E-state index in [0.29, 0.717) is 27.6 Å². The molecule has 8 heteroatoms. The largest absolute Gasteiger partial charge is 0.493 e. The summed E-state index contributed by atoms with van der Waals surface area (Å²) in [6, 6.07) is 22.7. The van der Waals surface area contributed by atoms with Crippen molar-refractivity contribution in [3.63, 3.8) is 0 Å². The van der Waals surface area contributed by atoms with E-state index in [4.69, 9.17) is 21.1 Å². The second-order valence-corrected chi connectivity index (χ2v) is 7.89. The Morgan fingerprint density at radius 3 is 2.29 bits per heavy atom. The minimum absolute atomic E-state index is 0.235. The minimum Gasteiger partial charge on any atom is -0.493 e. The number of hydrogen-bond donors (Lipinski definition) is 1. The highest BCUT2D eigenvalue weighted by Gasteiger charge is 2.16. The molecule has 0 aliphatic carbocycles. The standard InChI is InChI=1S/C27H22ClN3O4/c1-18(29-30-26(32)21-10-4-6-12-23(21)31-15-7-8-16-31)19-13-14-24(25(17-19)34-2)35-27(33)20-9-3-5-11-22(20)28/h3-17H,1-2H3,(H,30,32)/b29-18+. The average Bonchev–Trinajstić information content (AvgIpc) is 3.42. The summed E-state index contributed by atoms with van der Waals surface area (Å²) in [6.07, 6.45) is 3.74. The van der Waals surface area contributed by atoms with Gasteiger partial charge in [-0.1, -0.05) is 35.9 Å². The van der Waals surface area contributed by atoms with E-state index in [2.05, 4.69) is 10.5 Å². The van der Waals surface area contributed by atoms with Crippen molar-refractivity contribution < 1.29 is 19.1 Å². The summed E-state index contributed by atoms with van der Waals surface area (Å²) in [5, 5.41) is 4.54. The van der Waals surface area contributed by atoms with Crippen molar-refractivity contribution in [3.8, 4) is 17.2 Å². The first-order valence-corrected chi connectivity index (χ1v) is 11.1. The van der Waals surface area contributed by atoms with Crippen LogP contribution in [0.2, 0.25) is 5.02 Å². The molecule has 35 heavy (non-hydrogen) atoms. The molecule has 1 aromatic heterocycles. The van der Waals surface area contributed by atoms with Gasteiger partial charge in [0.25, 0.3) is 5.91 Å². The van der Waals surface area contributed by atoms with Gasteiger partial charge in [-0.25, -0.2) is 10.2 Å². The first-order chi connectivity index (χ1) is 17.0. The van der Waals surface area contributed by atoms with E-state index in [1.54, 1.807) is 61.5 Å². The van der Waals surface area contributed by atoms with Gasteiger partial charge in [0.15, 0.2) is 11.5 Å². The van der Waals surface area contributed by atoms with Gasteiger partial charge in [-0.05, 0) is 61.5 Å². The van der Waals surface area contributed by atoms with Gasteiger partial charge < -0.3 is 14.0 Å². The topological polar surface area (TPSA) is 81.9 Å². The fourth-order valence-corrected chi connectivity index (χ4v) is 3.62. The third-order valence-electron chi connectivity index (χ3n) is 5.23. The first kappa shape index (κ1) is 23.8. The van der Waals surface area contributed by atoms with Crippen molar-refractivity contribution in [1.82, 2.24) is 9.99 Å². The van der Waals surface area contributed by atoms with E-state index in [1.807, 2.05) is 41.2 Å². The lowest BCUT2D eigenvalue weighted by Crippen LogP contribution is -2.21. The number of para-hydroxylation sites is 1. The van der Waals surface area contributed by atoms with Crippen LogP contribution in [0.1, 0.15) is 33.2 Å². The van der Waals surface area contributed by atoms with Crippen LogP contribution >= 0.6 is 11.6 Å². The Bertz CT molecular complexity index is 1400. The molecule has 3 aromatic carbocycles. The number of nitrogens with zero attached hydrogens (tertiary/aromatic N) is 2. The fraction of sp³-hybridized carbons (Fsp3) is 0.0741. The van der Waals surface area contributed by atoms with Gasteiger partial charge in [0.2, 0.25) is 0 Å². The maximum Gasteiger partial charge on any atom is 0.345 e. The number of methoxy groups -OCH3 is 1. The lowest BCUT2D eigenvalue weighted by molar-refractivity contribution is 0.0729. The number of rotatable bonds is 7. The molecule has 0 fully saturated rings. The zero-order chi connectivity index (χ0) is 24.8. The average molecular weight is 488 g/mol. The van der Waals surface area contributed by atoms with Crippen LogP contribution in [0.25, 0.3) is 5.69 Å². The quantitative estimate of drug-likeness (QED) is 0.161. The summed E-state index contributed by atoms with van der Waals surface area (Å²) in [6.45, 7) is 1.75. The third kappa shape index (κ3) is 5.42. The predicted molar refractivity (Wildman–Crippen MR) is 135 cm³/mol. The fourth-order valence-electron chi connectivity index (χ4n) is 3.40. The molecule has 0 aliphatic rings. The molecule has 1 heterocycles. The molecule has 4 rings (SSSR count). The highest BCUT2D eigenvalue weighted by Crippen LogP contribution is 2.30. The number of carbonyl (C=O) groups is 2. The third-order valence-corrected chi connectivity index (χ3v) is 5.56. The Balaban J connectivity index is 1.51. The number of carbonyl (C=O) groups excluding carboxylic acids is 2. The number of nitrogens with one attached hydrogen (secondary N) is 1. The van der Waals surface area contributed by atoms with Gasteiger partial charge in [-0.15, -0.1) is 0 Å². The number of amides is 1. The number of benzene rings is 3. The SMILES string of the molecule is COc1cc(/C(C)=N/NC(=O)c2ccccc2-n2cccc2)ccc1OC(=O)c1ccccc1Cl. The second kappa shape index (κ2) is 10.7. The summed E-state index contributed by atoms with van der Waals surface area (Å²) in [5.74, 6) is -0.369. The van der Waals surface area contributed by atoms with Crippen molar-refractivity contribution in [3.05, 3.63) is 113 Å². The van der Waals surface area contributed by atoms with Crippen LogP contribution in [0.15, 0.2) is 96.4 Å². The predicted octanol–water partition coefficient (Wildman–Crippen LogP) is 5.51. The van der Waals surface area contributed by atoms with Crippen LogP contribution in [0, 0.1) is 0 Å². The van der Waals surface area contributed by atoms with E-state index in [0.717, 1.165) is 5.69 Å². The number of hydrazone groups is 1. The van der Waals surface area contributed by atoms with Crippen molar-refractivity contribution >= 4 is 29.2 Å². The Hall–Kier alpha value is -4.36. The second-order valence-electron chi connectivity index (χ2n) is 7.48. The van der Waals surface area contributed by atoms with E-state index in [-0.39, 0.29) is 17.2 Å². The summed E-state index contributed by atoms with van der Waals surface area (Å²) in [4.78, 5) is 25.3. The molecule has 176 valence electrons. The Morgan fingerprint density at radius 2 is 1.57 bits per heavy atom. The molecule has 0 aliphatic heterocycles. The lowest BCUT2D eigenvalue weighted by atomic mass is 10.1. The monoisotopic (exact) mass is 487 g/mol. The molecule has 4 aromatic rings. The molecule has 0 saturated heterocycles. The normalized spacial score (nSPS) is 11.1. The lowest BCUT2D eigenvalue weighted by Gasteiger charge is -2.12. The Morgan fingerprint density at radius 1 is 0.886 bits per heavy atom. The Labute approximate surface area is 207 Å². The van der Waals surface area contributed by atoms with Crippen molar-refractivity contribution in [1.29, 1.82) is 0 Å². The summed E-state index contributed by atoms with van der Waals surface area (Å²) in [5.41, 5.74) is 5.31. The van der Waals surface area contributed by atoms with Crippen molar-refractivity contribution in [2.75, 3.05) is 7.11 Å². The van der Waals surface area contributed by atoms with E-state index >= 15 is 0 Å². The van der Waals surface area contributed by atoms with Crippen LogP contribution < -0.4 is 14.9 Å². The summed E-state index contributed by atoms with van der Waals surface area (Å²) in [7, 11) is 1.47. The van der Waals surface area contributed by atoms with Gasteiger partial charge in [-0.3, -0.25) is 4.79 Å². The smallest absolute Gasteiger partial charge is 0.345 e. The van der Waals surface area contributed by atoms with Crippen molar-refractivity contribution in [2.45, 2.75) is 6.92 Å². The molecule has 0 saturated carbocycles. The number of halogens is 1. The molecule has 1 N–H and O–H groups in total. The zero-order valence-electron chi connectivity index (χ0n) is 19.1. The Kier molecular flexibility index (Phi) is 7.28. The van der Waals surface area contributed by atoms with Crippen molar-refractivity contribution in [2.24, 2.45) is 5.10 Å². The van der Waals surface area contributed by atoms with E-state index in [1.165, 1.54) is 7.11 Å². The zero-order valence-corrected chi connectivity index (χ0v) is 19.8. The van der Waals surface area contributed by atoms with E-state index < -0.39 is 5.97 Å². The van der Waals surface area contributed by atoms with Crippen LogP contribution in [-0.4, -0.2) is 29.3 Å². The first-order valence-electron chi connectivity index (χ1n) is 10.7. The number of esters is 1. The van der Waals surface area contributed by atoms with Crippen LogP contribution in [0.5, 0.6) is 11.5 Å². The summed E-state index contributed by atoms with van der Waals surface area (Å²) >= 11 is 6.09. The maximum atomic E-state index is 12.8. The molecule has 0 unspecified atom stereocenters. The van der Waals surface area contributed by atoms with Crippen LogP contribution in [0.3, 0.4) is 0 Å². The van der Waals surface area contributed by atoms with Gasteiger partial charge >= 0.3 is 5.97 Å². The molecule has 1 amide bonds. The molecular formula is C27H22ClN3O4. The highest BCUT2D eigenvalue weighted by molar-refractivity contribution is 6.33. The number of hydrogen-bond acceptors (Lipinski definition) is 5. The molecular weight excluding hydrogens is 466 g/mol. The number of aromatic nitrogens is 1. The molecule has 0 radical (unpaired) electrons. The van der Waals surface area contributed by atoms with Crippen LogP contribution in [-0.2, 0) is 0 Å². The van der Waals surface area contributed by atoms with Crippen LogP contribution in [0.4, 0.5) is 0 Å². The van der Waals surface area contributed by atoms with Gasteiger partial charge in [0.1, 0.15) is 0 Å². The molecule has 7 nitrogen and oxygen atoms in total. The molecule has 0 atom stereocenters. The van der Waals surface area contributed by atoms with E-state index in [9.17, 15) is 9.59 Å². The van der Waals surface area contributed by atoms with Gasteiger partial charge in [-0.2, -0.15) is 5.10 Å². The molecule has 0 spiro atoms. The minimum atomic E-state index is -0.597. The summed E-state index contributed by atoms with van der Waals surface area (Å²) < 4.78 is 12.7.